The Morgan fingerprint density at radius 2 is 2.58 bits per heavy atom. The Balaban J connectivity index is 2.25. The summed E-state index contributed by atoms with van der Waals surface area (Å²) in [7, 11) is 0. The highest BCUT2D eigenvalue weighted by Gasteiger charge is 2.18. The zero-order chi connectivity index (χ0) is 8.55. The zero-order valence-electron chi connectivity index (χ0n) is 7.05. The van der Waals surface area contributed by atoms with E-state index in [1.807, 2.05) is 6.92 Å². The lowest BCUT2D eigenvalue weighted by atomic mass is 10.3. The Kier molecular flexibility index (Phi) is 2.19. The predicted molar refractivity (Wildman–Crippen MR) is 51.2 cm³/mol. The van der Waals surface area contributed by atoms with Crippen LogP contribution in [0.1, 0.15) is 18.2 Å². The van der Waals surface area contributed by atoms with Crippen molar-refractivity contribution in [3.05, 3.63) is 16.4 Å². The van der Waals surface area contributed by atoms with Crippen LogP contribution in [0.3, 0.4) is 0 Å². The molecule has 0 aromatic carbocycles. The molecule has 0 amide bonds. The quantitative estimate of drug-likeness (QED) is 0.792. The van der Waals surface area contributed by atoms with E-state index in [0.29, 0.717) is 6.04 Å². The minimum absolute atomic E-state index is 0.535. The average Bonchev–Trinajstić information content (AvgIpc) is 2.58. The van der Waals surface area contributed by atoms with Gasteiger partial charge in [0.15, 0.2) is 0 Å². The van der Waals surface area contributed by atoms with Gasteiger partial charge in [-0.1, -0.05) is 0 Å². The van der Waals surface area contributed by atoms with Crippen molar-refractivity contribution in [2.75, 3.05) is 13.1 Å². The molecule has 1 aromatic heterocycles. The molecule has 1 saturated heterocycles. The molecule has 3 nitrogen and oxygen atoms in total. The van der Waals surface area contributed by atoms with Crippen LogP contribution >= 0.6 is 15.9 Å². The number of aromatic nitrogens is 2. The van der Waals surface area contributed by atoms with Gasteiger partial charge in [-0.05, 0) is 41.9 Å². The Hall–Kier alpha value is -0.350. The number of hydrogen-bond donors (Lipinski definition) is 1. The summed E-state index contributed by atoms with van der Waals surface area (Å²) in [5.41, 5.74) is 1.08. The van der Waals surface area contributed by atoms with Gasteiger partial charge >= 0.3 is 0 Å². The molecular formula is C8H12BrN3. The molecule has 1 aliphatic rings. The summed E-state index contributed by atoms with van der Waals surface area (Å²) < 4.78 is 3.16. The van der Waals surface area contributed by atoms with E-state index in [9.17, 15) is 0 Å². The molecule has 66 valence electrons. The molecule has 1 atom stereocenters. The first-order valence-corrected chi connectivity index (χ1v) is 4.99. The summed E-state index contributed by atoms with van der Waals surface area (Å²) in [5.74, 6) is 0. The van der Waals surface area contributed by atoms with E-state index >= 15 is 0 Å². The van der Waals surface area contributed by atoms with E-state index in [0.717, 1.165) is 23.4 Å². The lowest BCUT2D eigenvalue weighted by Crippen LogP contribution is -2.14. The maximum absolute atomic E-state index is 4.42. The van der Waals surface area contributed by atoms with Gasteiger partial charge in [0.2, 0.25) is 0 Å². The Labute approximate surface area is 80.3 Å². The number of nitrogens with one attached hydrogen (secondary N) is 1. The first-order valence-electron chi connectivity index (χ1n) is 4.20. The van der Waals surface area contributed by atoms with Crippen LogP contribution in [0.4, 0.5) is 0 Å². The Morgan fingerprint density at radius 1 is 1.75 bits per heavy atom. The zero-order valence-corrected chi connectivity index (χ0v) is 8.63. The molecule has 0 saturated carbocycles. The van der Waals surface area contributed by atoms with Crippen molar-refractivity contribution >= 4 is 15.9 Å². The van der Waals surface area contributed by atoms with Crippen LogP contribution in [0.25, 0.3) is 0 Å². The van der Waals surface area contributed by atoms with Crippen LogP contribution in [0.5, 0.6) is 0 Å². The number of aryl methyl sites for hydroxylation is 1. The fourth-order valence-electron chi connectivity index (χ4n) is 1.59. The summed E-state index contributed by atoms with van der Waals surface area (Å²) in [4.78, 5) is 0. The van der Waals surface area contributed by atoms with Gasteiger partial charge in [-0.25, -0.2) is 0 Å². The molecule has 0 aliphatic carbocycles. The highest BCUT2D eigenvalue weighted by Crippen LogP contribution is 2.21. The number of hydrogen-bond acceptors (Lipinski definition) is 2. The van der Waals surface area contributed by atoms with E-state index < -0.39 is 0 Å². The highest BCUT2D eigenvalue weighted by atomic mass is 79.9. The van der Waals surface area contributed by atoms with Gasteiger partial charge in [0.1, 0.15) is 4.60 Å². The highest BCUT2D eigenvalue weighted by molar-refractivity contribution is 9.10. The standard InChI is InChI=1S/C8H12BrN3/c1-6-4-8(9)12(11-6)7-2-3-10-5-7/h4,7,10H,2-3,5H2,1H3. The molecule has 2 rings (SSSR count). The first kappa shape index (κ1) is 8.26. The summed E-state index contributed by atoms with van der Waals surface area (Å²) in [6.07, 6.45) is 1.18. The minimum atomic E-state index is 0.535. The largest absolute Gasteiger partial charge is 0.315 e. The third-order valence-corrected chi connectivity index (χ3v) is 2.78. The van der Waals surface area contributed by atoms with Crippen LogP contribution in [0, 0.1) is 6.92 Å². The monoisotopic (exact) mass is 229 g/mol. The third kappa shape index (κ3) is 1.41. The van der Waals surface area contributed by atoms with E-state index in [2.05, 4.69) is 37.1 Å². The third-order valence-electron chi connectivity index (χ3n) is 2.19. The first-order chi connectivity index (χ1) is 5.77. The lowest BCUT2D eigenvalue weighted by Gasteiger charge is -2.09. The van der Waals surface area contributed by atoms with Crippen molar-refractivity contribution in [3.63, 3.8) is 0 Å². The average molecular weight is 230 g/mol. The van der Waals surface area contributed by atoms with Gasteiger partial charge in [0.25, 0.3) is 0 Å². The smallest absolute Gasteiger partial charge is 0.104 e. The Morgan fingerprint density at radius 3 is 3.08 bits per heavy atom. The molecule has 12 heavy (non-hydrogen) atoms. The van der Waals surface area contributed by atoms with Gasteiger partial charge in [-0.15, -0.1) is 0 Å². The SMILES string of the molecule is Cc1cc(Br)n(C2CCNC2)n1. The topological polar surface area (TPSA) is 29.9 Å². The fourth-order valence-corrected chi connectivity index (χ4v) is 2.29. The normalized spacial score (nSPS) is 23.3. The molecule has 0 bridgehead atoms. The summed E-state index contributed by atoms with van der Waals surface area (Å²) in [5, 5.41) is 7.75. The van der Waals surface area contributed by atoms with Gasteiger partial charge < -0.3 is 5.32 Å². The van der Waals surface area contributed by atoms with Gasteiger partial charge in [-0.2, -0.15) is 5.10 Å². The molecular weight excluding hydrogens is 218 g/mol. The number of rotatable bonds is 1. The van der Waals surface area contributed by atoms with Crippen LogP contribution in [-0.2, 0) is 0 Å². The van der Waals surface area contributed by atoms with Crippen molar-refractivity contribution in [1.29, 1.82) is 0 Å². The molecule has 1 aromatic rings. The van der Waals surface area contributed by atoms with Crippen LogP contribution in [0.15, 0.2) is 10.7 Å². The van der Waals surface area contributed by atoms with Crippen LogP contribution in [0.2, 0.25) is 0 Å². The van der Waals surface area contributed by atoms with Gasteiger partial charge in [0.05, 0.1) is 11.7 Å². The molecule has 1 unspecified atom stereocenters. The fraction of sp³-hybridized carbons (Fsp3) is 0.625. The summed E-state index contributed by atoms with van der Waals surface area (Å²) in [6, 6.07) is 2.59. The van der Waals surface area contributed by atoms with Crippen molar-refractivity contribution in [1.82, 2.24) is 15.1 Å². The molecule has 0 radical (unpaired) electrons. The molecule has 4 heteroatoms. The van der Waals surface area contributed by atoms with Crippen LogP contribution < -0.4 is 5.32 Å². The van der Waals surface area contributed by atoms with Crippen molar-refractivity contribution in [2.24, 2.45) is 0 Å². The molecule has 1 N–H and O–H groups in total. The summed E-state index contributed by atoms with van der Waals surface area (Å²) >= 11 is 3.50. The minimum Gasteiger partial charge on any atom is -0.315 e. The second-order valence-electron chi connectivity index (χ2n) is 3.20. The second-order valence-corrected chi connectivity index (χ2v) is 4.01. The summed E-state index contributed by atoms with van der Waals surface area (Å²) in [6.45, 7) is 4.17. The molecule has 2 heterocycles. The van der Waals surface area contributed by atoms with Gasteiger partial charge in [-0.3, -0.25) is 4.68 Å². The molecule has 0 spiro atoms. The van der Waals surface area contributed by atoms with Crippen LogP contribution in [-0.4, -0.2) is 22.9 Å². The maximum atomic E-state index is 4.42. The second kappa shape index (κ2) is 3.18. The lowest BCUT2D eigenvalue weighted by molar-refractivity contribution is 0.479. The number of nitrogens with zero attached hydrogens (tertiary/aromatic N) is 2. The van der Waals surface area contributed by atoms with E-state index in [1.165, 1.54) is 6.42 Å². The molecule has 1 fully saturated rings. The van der Waals surface area contributed by atoms with Crippen molar-refractivity contribution < 1.29 is 0 Å². The predicted octanol–water partition coefficient (Wildman–Crippen LogP) is 1.49. The maximum Gasteiger partial charge on any atom is 0.104 e. The van der Waals surface area contributed by atoms with E-state index in [1.54, 1.807) is 0 Å². The van der Waals surface area contributed by atoms with Crippen molar-refractivity contribution in [2.45, 2.75) is 19.4 Å². The van der Waals surface area contributed by atoms with Gasteiger partial charge in [0, 0.05) is 6.54 Å². The molecule has 1 aliphatic heterocycles. The Bertz CT molecular complexity index is 276. The number of halogens is 1. The van der Waals surface area contributed by atoms with E-state index in [4.69, 9.17) is 0 Å². The van der Waals surface area contributed by atoms with E-state index in [-0.39, 0.29) is 0 Å². The van der Waals surface area contributed by atoms with Crippen molar-refractivity contribution in [3.8, 4) is 0 Å².